The number of benzene rings is 2. The summed E-state index contributed by atoms with van der Waals surface area (Å²) in [6.45, 7) is 0.905. The molecular weight excluding hydrogens is 347 g/mol. The molecule has 0 aromatic heterocycles. The summed E-state index contributed by atoms with van der Waals surface area (Å²) < 4.78 is 18.6. The van der Waals surface area contributed by atoms with E-state index in [0.717, 1.165) is 5.56 Å². The van der Waals surface area contributed by atoms with Crippen LogP contribution < -0.4 is 10.6 Å². The van der Waals surface area contributed by atoms with Crippen LogP contribution in [0.4, 0.5) is 10.1 Å². The molecule has 0 saturated carbocycles. The number of anilines is 1. The fourth-order valence-electron chi connectivity index (χ4n) is 2.15. The van der Waals surface area contributed by atoms with Crippen LogP contribution in [0.3, 0.4) is 0 Å². The number of amides is 2. The molecule has 0 bridgehead atoms. The standard InChI is InChI=1S/C18H18ClFN2O3/c1-25-10-9-21-16(23)11-12-5-7-13(8-6-12)22-18(24)17-14(19)3-2-4-15(17)20/h2-8H,9-11H2,1H3,(H,21,23)(H,22,24). The SMILES string of the molecule is COCCNC(=O)Cc1ccc(NC(=O)c2c(F)cccc2Cl)cc1. The van der Waals surface area contributed by atoms with E-state index in [4.69, 9.17) is 16.3 Å². The van der Waals surface area contributed by atoms with Crippen molar-refractivity contribution in [2.75, 3.05) is 25.6 Å². The predicted molar refractivity (Wildman–Crippen MR) is 94.4 cm³/mol. The Balaban J connectivity index is 1.96. The third-order valence-electron chi connectivity index (χ3n) is 3.39. The van der Waals surface area contributed by atoms with E-state index in [1.54, 1.807) is 31.4 Å². The molecule has 5 nitrogen and oxygen atoms in total. The van der Waals surface area contributed by atoms with Crippen LogP contribution in [0.1, 0.15) is 15.9 Å². The summed E-state index contributed by atoms with van der Waals surface area (Å²) in [5.74, 6) is -1.44. The van der Waals surface area contributed by atoms with Crippen LogP contribution in [0.5, 0.6) is 0 Å². The van der Waals surface area contributed by atoms with Gasteiger partial charge in [0.05, 0.1) is 23.6 Å². The summed E-state index contributed by atoms with van der Waals surface area (Å²) in [6.07, 6.45) is 0.219. The minimum atomic E-state index is -0.686. The second-order valence-electron chi connectivity index (χ2n) is 5.27. The predicted octanol–water partition coefficient (Wildman–Crippen LogP) is 3.04. The Kier molecular flexibility index (Phi) is 6.91. The molecule has 0 aliphatic heterocycles. The Morgan fingerprint density at radius 2 is 1.88 bits per heavy atom. The second-order valence-corrected chi connectivity index (χ2v) is 5.67. The minimum Gasteiger partial charge on any atom is -0.383 e. The first-order valence-electron chi connectivity index (χ1n) is 7.61. The van der Waals surface area contributed by atoms with Gasteiger partial charge in [-0.2, -0.15) is 0 Å². The highest BCUT2D eigenvalue weighted by Crippen LogP contribution is 2.20. The lowest BCUT2D eigenvalue weighted by Crippen LogP contribution is -2.28. The summed E-state index contributed by atoms with van der Waals surface area (Å²) in [5, 5.41) is 5.35. The summed E-state index contributed by atoms with van der Waals surface area (Å²) in [7, 11) is 1.56. The topological polar surface area (TPSA) is 67.4 Å². The molecule has 2 aromatic carbocycles. The molecule has 0 saturated heterocycles. The van der Waals surface area contributed by atoms with Gasteiger partial charge in [0.1, 0.15) is 5.82 Å². The van der Waals surface area contributed by atoms with E-state index in [1.165, 1.54) is 18.2 Å². The van der Waals surface area contributed by atoms with Crippen molar-refractivity contribution in [2.24, 2.45) is 0 Å². The van der Waals surface area contributed by atoms with Gasteiger partial charge in [0.2, 0.25) is 5.91 Å². The lowest BCUT2D eigenvalue weighted by Gasteiger charge is -2.09. The molecule has 0 heterocycles. The van der Waals surface area contributed by atoms with Crippen molar-refractivity contribution >= 4 is 29.1 Å². The smallest absolute Gasteiger partial charge is 0.260 e. The minimum absolute atomic E-state index is 0.0434. The number of ether oxygens (including phenoxy) is 1. The number of carbonyl (C=O) groups is 2. The highest BCUT2D eigenvalue weighted by atomic mass is 35.5. The third kappa shape index (κ3) is 5.55. The first-order chi connectivity index (χ1) is 12.0. The number of carbonyl (C=O) groups excluding carboxylic acids is 2. The van der Waals surface area contributed by atoms with E-state index in [-0.39, 0.29) is 22.9 Å². The Morgan fingerprint density at radius 3 is 2.52 bits per heavy atom. The van der Waals surface area contributed by atoms with Gasteiger partial charge >= 0.3 is 0 Å². The first-order valence-corrected chi connectivity index (χ1v) is 7.99. The normalized spacial score (nSPS) is 10.4. The Morgan fingerprint density at radius 1 is 1.16 bits per heavy atom. The first kappa shape index (κ1) is 18.9. The van der Waals surface area contributed by atoms with E-state index in [0.29, 0.717) is 18.8 Å². The molecule has 2 amide bonds. The molecule has 0 fully saturated rings. The van der Waals surface area contributed by atoms with E-state index < -0.39 is 11.7 Å². The maximum absolute atomic E-state index is 13.7. The maximum atomic E-state index is 13.7. The van der Waals surface area contributed by atoms with Gasteiger partial charge in [-0.15, -0.1) is 0 Å². The summed E-state index contributed by atoms with van der Waals surface area (Å²) in [5.41, 5.74) is 1.07. The lowest BCUT2D eigenvalue weighted by molar-refractivity contribution is -0.120. The third-order valence-corrected chi connectivity index (χ3v) is 3.71. The quantitative estimate of drug-likeness (QED) is 0.742. The molecule has 2 N–H and O–H groups in total. The van der Waals surface area contributed by atoms with Gasteiger partial charge in [0.15, 0.2) is 0 Å². The van der Waals surface area contributed by atoms with Crippen LogP contribution in [0.25, 0.3) is 0 Å². The second kappa shape index (κ2) is 9.15. The number of hydrogen-bond acceptors (Lipinski definition) is 3. The van der Waals surface area contributed by atoms with E-state index in [2.05, 4.69) is 10.6 Å². The zero-order valence-electron chi connectivity index (χ0n) is 13.6. The molecule has 7 heteroatoms. The average molecular weight is 365 g/mol. The van der Waals surface area contributed by atoms with Gasteiger partial charge in [-0.05, 0) is 29.8 Å². The molecule has 0 aliphatic rings. The monoisotopic (exact) mass is 364 g/mol. The van der Waals surface area contributed by atoms with Crippen molar-refractivity contribution in [1.82, 2.24) is 5.32 Å². The van der Waals surface area contributed by atoms with Gasteiger partial charge in [-0.3, -0.25) is 9.59 Å². The molecule has 25 heavy (non-hydrogen) atoms. The molecule has 0 aliphatic carbocycles. The van der Waals surface area contributed by atoms with Crippen LogP contribution in [-0.4, -0.2) is 32.1 Å². The van der Waals surface area contributed by atoms with Crippen molar-refractivity contribution in [2.45, 2.75) is 6.42 Å². The number of hydrogen-bond donors (Lipinski definition) is 2. The number of methoxy groups -OCH3 is 1. The Labute approximate surface area is 150 Å². The highest BCUT2D eigenvalue weighted by Gasteiger charge is 2.15. The molecule has 0 spiro atoms. The molecule has 0 unspecified atom stereocenters. The zero-order valence-corrected chi connectivity index (χ0v) is 14.4. The highest BCUT2D eigenvalue weighted by molar-refractivity contribution is 6.34. The van der Waals surface area contributed by atoms with E-state index in [1.807, 2.05) is 0 Å². The van der Waals surface area contributed by atoms with Crippen LogP contribution in [0.15, 0.2) is 42.5 Å². The summed E-state index contributed by atoms with van der Waals surface area (Å²) in [6, 6.07) is 10.8. The van der Waals surface area contributed by atoms with Crippen molar-refractivity contribution < 1.29 is 18.7 Å². The molecule has 0 radical (unpaired) electrons. The molecule has 2 aromatic rings. The summed E-state index contributed by atoms with van der Waals surface area (Å²) >= 11 is 5.87. The van der Waals surface area contributed by atoms with Crippen molar-refractivity contribution in [3.05, 3.63) is 64.4 Å². The largest absolute Gasteiger partial charge is 0.383 e. The van der Waals surface area contributed by atoms with Crippen molar-refractivity contribution in [3.63, 3.8) is 0 Å². The molecular formula is C18H18ClFN2O3. The van der Waals surface area contributed by atoms with E-state index in [9.17, 15) is 14.0 Å². The molecule has 132 valence electrons. The fraction of sp³-hybridized carbons (Fsp3) is 0.222. The Bertz CT molecular complexity index is 730. The number of nitrogens with one attached hydrogen (secondary N) is 2. The van der Waals surface area contributed by atoms with Crippen LogP contribution >= 0.6 is 11.6 Å². The van der Waals surface area contributed by atoms with Gasteiger partial charge in [0, 0.05) is 19.3 Å². The maximum Gasteiger partial charge on any atom is 0.260 e. The lowest BCUT2D eigenvalue weighted by atomic mass is 10.1. The van der Waals surface area contributed by atoms with Crippen molar-refractivity contribution in [1.29, 1.82) is 0 Å². The van der Waals surface area contributed by atoms with Gasteiger partial charge in [-0.25, -0.2) is 4.39 Å². The van der Waals surface area contributed by atoms with Crippen molar-refractivity contribution in [3.8, 4) is 0 Å². The van der Waals surface area contributed by atoms with Gasteiger partial charge in [0.25, 0.3) is 5.91 Å². The van der Waals surface area contributed by atoms with Gasteiger partial charge in [-0.1, -0.05) is 29.8 Å². The average Bonchev–Trinajstić information content (AvgIpc) is 2.57. The number of rotatable bonds is 7. The fourth-order valence-corrected chi connectivity index (χ4v) is 2.40. The number of halogens is 2. The molecule has 0 atom stereocenters. The van der Waals surface area contributed by atoms with Gasteiger partial charge < -0.3 is 15.4 Å². The van der Waals surface area contributed by atoms with E-state index >= 15 is 0 Å². The molecule has 2 rings (SSSR count). The Hall–Kier alpha value is -2.44. The zero-order chi connectivity index (χ0) is 18.2. The van der Waals surface area contributed by atoms with Crippen LogP contribution in [0, 0.1) is 5.82 Å². The summed E-state index contributed by atoms with van der Waals surface area (Å²) in [4.78, 5) is 23.9. The van der Waals surface area contributed by atoms with Crippen LogP contribution in [-0.2, 0) is 16.0 Å². The van der Waals surface area contributed by atoms with Crippen LogP contribution in [0.2, 0.25) is 5.02 Å².